The van der Waals surface area contributed by atoms with Gasteiger partial charge in [0.15, 0.2) is 6.79 Å². The Balaban J connectivity index is 2.58. The van der Waals surface area contributed by atoms with Crippen molar-refractivity contribution in [3.8, 4) is 5.75 Å². The third-order valence-corrected chi connectivity index (χ3v) is 3.06. The van der Waals surface area contributed by atoms with E-state index in [9.17, 15) is 0 Å². The number of benzene rings is 1. The van der Waals surface area contributed by atoms with Crippen LogP contribution in [0.15, 0.2) is 30.8 Å². The Morgan fingerprint density at radius 2 is 1.76 bits per heavy atom. The fourth-order valence-electron chi connectivity index (χ4n) is 1.62. The van der Waals surface area contributed by atoms with Crippen LogP contribution in [0.4, 0.5) is 0 Å². The number of methoxy groups -OCH3 is 2. The average Bonchev–Trinajstić information content (AvgIpc) is 2.62. The van der Waals surface area contributed by atoms with Gasteiger partial charge in [-0.25, -0.2) is 0 Å². The molecule has 142 valence electrons. The zero-order valence-corrected chi connectivity index (χ0v) is 15.3. The van der Waals surface area contributed by atoms with Gasteiger partial charge in [-0.1, -0.05) is 42.5 Å². The Kier molecular flexibility index (Phi) is 12.3. The van der Waals surface area contributed by atoms with Gasteiger partial charge in [-0.3, -0.25) is 9.47 Å². The summed E-state index contributed by atoms with van der Waals surface area (Å²) < 4.78 is 36.8. The Hall–Kier alpha value is -1.19. The largest absolute Gasteiger partial charge is 0.440 e. The van der Waals surface area contributed by atoms with E-state index in [2.05, 4.69) is 6.58 Å². The molecule has 1 aromatic carbocycles. The summed E-state index contributed by atoms with van der Waals surface area (Å²) >= 11 is 5.97. The second-order valence-corrected chi connectivity index (χ2v) is 4.96. The van der Waals surface area contributed by atoms with Gasteiger partial charge in [0.1, 0.15) is 5.75 Å². The highest BCUT2D eigenvalue weighted by molar-refractivity contribution is 6.18. The van der Waals surface area contributed by atoms with Crippen molar-refractivity contribution in [3.63, 3.8) is 0 Å². The van der Waals surface area contributed by atoms with Crippen molar-refractivity contribution in [2.24, 2.45) is 0 Å². The topological polar surface area (TPSA) is 64.6 Å². The first-order chi connectivity index (χ1) is 12.2. The molecule has 2 atom stereocenters. The normalized spacial score (nSPS) is 13.4. The lowest BCUT2D eigenvalue weighted by Gasteiger charge is -2.23. The van der Waals surface area contributed by atoms with E-state index in [1.807, 2.05) is 18.2 Å². The minimum atomic E-state index is -1.13. The van der Waals surface area contributed by atoms with Gasteiger partial charge in [0.2, 0.25) is 5.75 Å². The van der Waals surface area contributed by atoms with Crippen molar-refractivity contribution >= 4 is 17.7 Å². The minimum Gasteiger partial charge on any atom is -0.440 e. The van der Waals surface area contributed by atoms with Gasteiger partial charge < -0.3 is 23.7 Å². The van der Waals surface area contributed by atoms with Crippen molar-refractivity contribution in [1.82, 2.24) is 0 Å². The van der Waals surface area contributed by atoms with E-state index < -0.39 is 12.2 Å². The van der Waals surface area contributed by atoms with Crippen molar-refractivity contribution in [2.75, 3.05) is 47.4 Å². The van der Waals surface area contributed by atoms with Crippen LogP contribution in [0.5, 0.6) is 5.75 Å². The van der Waals surface area contributed by atoms with Crippen LogP contribution >= 0.6 is 11.6 Å². The van der Waals surface area contributed by atoms with Crippen LogP contribution in [0.2, 0.25) is 0 Å². The lowest BCUT2D eigenvalue weighted by molar-refractivity contribution is -0.313. The molecule has 0 spiro atoms. The van der Waals surface area contributed by atoms with Gasteiger partial charge in [-0.15, -0.1) is 0 Å². The monoisotopic (exact) mass is 376 g/mol. The average molecular weight is 377 g/mol. The molecule has 0 radical (unpaired) electrons. The molecule has 25 heavy (non-hydrogen) atoms. The number of halogens is 1. The quantitative estimate of drug-likeness (QED) is 0.265. The van der Waals surface area contributed by atoms with Crippen LogP contribution in [0.25, 0.3) is 6.08 Å². The first-order valence-electron chi connectivity index (χ1n) is 7.67. The second kappa shape index (κ2) is 14.0. The molecule has 0 aromatic heterocycles. The number of hydrogen-bond donors (Lipinski definition) is 0. The summed E-state index contributed by atoms with van der Waals surface area (Å²) in [6.07, 6.45) is 1.66. The molecule has 0 amide bonds. The highest BCUT2D eigenvalue weighted by Crippen LogP contribution is 2.22. The molecule has 1 aromatic rings. The molecule has 8 heteroatoms. The summed E-state index contributed by atoms with van der Waals surface area (Å²) in [5.41, 5.74) is 0.784. The molecule has 0 fully saturated rings. The van der Waals surface area contributed by atoms with E-state index in [-0.39, 0.29) is 13.4 Å². The first kappa shape index (κ1) is 21.9. The number of ether oxygens (including phenoxy) is 7. The molecular weight excluding hydrogens is 352 g/mol. The summed E-state index contributed by atoms with van der Waals surface area (Å²) in [7, 11) is 3.15. The van der Waals surface area contributed by atoms with Crippen LogP contribution < -0.4 is 4.74 Å². The number of alkyl halides is 1. The van der Waals surface area contributed by atoms with Crippen molar-refractivity contribution < 1.29 is 33.2 Å². The molecule has 2 unspecified atom stereocenters. The summed E-state index contributed by atoms with van der Waals surface area (Å²) in [6.45, 7) is 4.03. The van der Waals surface area contributed by atoms with Crippen LogP contribution in [0, 0.1) is 0 Å². The smallest absolute Gasteiger partial charge is 0.321 e. The Morgan fingerprint density at radius 1 is 1.04 bits per heavy atom. The predicted molar refractivity (Wildman–Crippen MR) is 93.3 cm³/mol. The van der Waals surface area contributed by atoms with E-state index in [0.717, 1.165) is 5.56 Å². The lowest BCUT2D eigenvalue weighted by Crippen LogP contribution is -2.30. The molecule has 0 aliphatic heterocycles. The molecule has 0 saturated carbocycles. The van der Waals surface area contributed by atoms with Crippen molar-refractivity contribution in [3.05, 3.63) is 36.4 Å². The molecule has 0 N–H and O–H groups in total. The molecule has 0 saturated heterocycles. The first-order valence-corrected chi connectivity index (χ1v) is 8.11. The minimum absolute atomic E-state index is 0.0635. The van der Waals surface area contributed by atoms with Gasteiger partial charge in [0.05, 0.1) is 26.4 Å². The predicted octanol–water partition coefficient (Wildman–Crippen LogP) is 2.83. The van der Waals surface area contributed by atoms with E-state index in [1.165, 1.54) is 0 Å². The Morgan fingerprint density at radius 3 is 2.48 bits per heavy atom. The molecule has 0 aliphatic rings. The van der Waals surface area contributed by atoms with Crippen LogP contribution in [0.3, 0.4) is 0 Å². The molecule has 0 aliphatic carbocycles. The molecular formula is C17H25ClO7. The zero-order chi connectivity index (χ0) is 18.3. The Labute approximate surface area is 153 Å². The van der Waals surface area contributed by atoms with E-state index >= 15 is 0 Å². The lowest BCUT2D eigenvalue weighted by atomic mass is 10.2. The summed E-state index contributed by atoms with van der Waals surface area (Å²) in [5, 5.41) is 0. The van der Waals surface area contributed by atoms with Gasteiger partial charge in [-0.05, 0) is 6.07 Å². The molecule has 7 nitrogen and oxygen atoms in total. The molecule has 1 rings (SSSR count). The van der Waals surface area contributed by atoms with Gasteiger partial charge in [-0.2, -0.15) is 0 Å². The zero-order valence-electron chi connectivity index (χ0n) is 14.5. The van der Waals surface area contributed by atoms with Crippen molar-refractivity contribution in [2.45, 2.75) is 12.2 Å². The van der Waals surface area contributed by atoms with E-state index in [0.29, 0.717) is 25.6 Å². The number of hydrogen-bond acceptors (Lipinski definition) is 7. The highest BCUT2D eigenvalue weighted by Gasteiger charge is 2.19. The fourth-order valence-corrected chi connectivity index (χ4v) is 1.79. The van der Waals surface area contributed by atoms with E-state index in [4.69, 9.17) is 44.8 Å². The maximum atomic E-state index is 5.97. The fraction of sp³-hybridized carbons (Fsp3) is 0.529. The Bertz CT molecular complexity index is 472. The number of rotatable bonds is 15. The van der Waals surface area contributed by atoms with E-state index in [1.54, 1.807) is 26.4 Å². The van der Waals surface area contributed by atoms with Crippen molar-refractivity contribution in [1.29, 1.82) is 0 Å². The maximum Gasteiger partial charge on any atom is 0.321 e. The second-order valence-electron chi connectivity index (χ2n) is 4.61. The van der Waals surface area contributed by atoms with Crippen LogP contribution in [-0.4, -0.2) is 59.7 Å². The van der Waals surface area contributed by atoms with Gasteiger partial charge in [0.25, 0.3) is 0 Å². The SMILES string of the molecule is C=Cc1ccccc1OC(OCOCCOC)OC(Cl)OCCOC. The standard InChI is InChI=1S/C17H25ClO7/c1-4-14-7-5-6-8-15(14)24-17(23-13-21-11-9-19-2)25-16(18)22-12-10-20-3/h4-8,16-17H,1,9-13H2,2-3H3. The van der Waals surface area contributed by atoms with Crippen LogP contribution in [-0.2, 0) is 28.4 Å². The van der Waals surface area contributed by atoms with Gasteiger partial charge in [0, 0.05) is 19.8 Å². The third kappa shape index (κ3) is 9.76. The van der Waals surface area contributed by atoms with Crippen LogP contribution in [0.1, 0.15) is 5.56 Å². The molecule has 0 bridgehead atoms. The third-order valence-electron chi connectivity index (χ3n) is 2.84. The summed E-state index contributed by atoms with van der Waals surface area (Å²) in [4.78, 5) is 0. The highest BCUT2D eigenvalue weighted by atomic mass is 35.5. The summed E-state index contributed by atoms with van der Waals surface area (Å²) in [5.74, 6) is -0.546. The summed E-state index contributed by atoms with van der Waals surface area (Å²) in [6, 6.07) is 7.30. The van der Waals surface area contributed by atoms with Gasteiger partial charge >= 0.3 is 6.48 Å². The number of para-hydroxylation sites is 1. The maximum absolute atomic E-state index is 5.97. The molecule has 0 heterocycles.